The van der Waals surface area contributed by atoms with Gasteiger partial charge in [0, 0.05) is 6.54 Å². The van der Waals surface area contributed by atoms with E-state index in [2.05, 4.69) is 14.7 Å². The van der Waals surface area contributed by atoms with Gasteiger partial charge in [-0.05, 0) is 64.5 Å². The summed E-state index contributed by atoms with van der Waals surface area (Å²) in [4.78, 5) is 6.85. The van der Waals surface area contributed by atoms with Gasteiger partial charge in [0.1, 0.15) is 11.6 Å². The third-order valence-electron chi connectivity index (χ3n) is 4.96. The van der Waals surface area contributed by atoms with Crippen molar-refractivity contribution in [2.45, 2.75) is 57.3 Å². The van der Waals surface area contributed by atoms with E-state index < -0.39 is 26.4 Å². The average molecular weight is 401 g/mol. The highest BCUT2D eigenvalue weighted by molar-refractivity contribution is 7.90. The highest BCUT2D eigenvalue weighted by Crippen LogP contribution is 2.28. The number of aromatic amines is 1. The summed E-state index contributed by atoms with van der Waals surface area (Å²) in [6.45, 7) is 5.42. The number of benzene rings is 1. The molecule has 0 radical (unpaired) electrons. The Bertz CT molecular complexity index is 914. The fraction of sp³-hybridized carbons (Fsp3) is 0.611. The van der Waals surface area contributed by atoms with Crippen LogP contribution in [0.1, 0.15) is 46.5 Å². The second-order valence-corrected chi connectivity index (χ2v) is 10.5. The van der Waals surface area contributed by atoms with Crippen LogP contribution in [0.4, 0.5) is 8.78 Å². The smallest absolute Gasteiger partial charge is 0.294 e. The number of imidazole rings is 1. The summed E-state index contributed by atoms with van der Waals surface area (Å²) in [5.74, 6) is -1.68. The van der Waals surface area contributed by atoms with Crippen molar-refractivity contribution in [2.24, 2.45) is 5.92 Å². The van der Waals surface area contributed by atoms with E-state index in [0.717, 1.165) is 31.7 Å². The molecule has 1 heterocycles. The lowest BCUT2D eigenvalue weighted by atomic mass is 9.87. The zero-order valence-electron chi connectivity index (χ0n) is 15.7. The molecule has 0 unspecified atom stereocenters. The predicted octanol–water partition coefficient (Wildman–Crippen LogP) is 3.50. The summed E-state index contributed by atoms with van der Waals surface area (Å²) in [6, 6.07) is 2.64. The van der Waals surface area contributed by atoms with Crippen molar-refractivity contribution in [1.82, 2.24) is 14.7 Å². The number of rotatable bonds is 5. The summed E-state index contributed by atoms with van der Waals surface area (Å²) < 4.78 is 58.9. The molecule has 0 aliphatic heterocycles. The first kappa shape index (κ1) is 20.0. The van der Waals surface area contributed by atoms with Crippen molar-refractivity contribution in [3.63, 3.8) is 0 Å². The molecule has 1 aromatic carbocycles. The van der Waals surface area contributed by atoms with Crippen LogP contribution in [0.5, 0.6) is 6.01 Å². The lowest BCUT2D eigenvalue weighted by Crippen LogP contribution is -2.42. The van der Waals surface area contributed by atoms with Crippen LogP contribution >= 0.6 is 0 Å². The Hall–Kier alpha value is -1.74. The largest absolute Gasteiger partial charge is 0.461 e. The Morgan fingerprint density at radius 3 is 2.52 bits per heavy atom. The fourth-order valence-electron chi connectivity index (χ4n) is 3.11. The van der Waals surface area contributed by atoms with Crippen LogP contribution in [0.15, 0.2) is 12.1 Å². The monoisotopic (exact) mass is 401 g/mol. The molecule has 2 N–H and O–H groups in total. The van der Waals surface area contributed by atoms with Gasteiger partial charge in [-0.1, -0.05) is 0 Å². The standard InChI is InChI=1S/C18H25F2N3O3S/c1-18(2,3)27(24,25)21-10-11-4-6-12(7-5-11)26-17-22-14-9-8-13(19)15(20)16(14)23-17/h8-9,11-12,21H,4-7,10H2,1-3H3,(H,22,23). The molecule has 0 bridgehead atoms. The van der Waals surface area contributed by atoms with Crippen molar-refractivity contribution in [3.05, 3.63) is 23.8 Å². The van der Waals surface area contributed by atoms with E-state index >= 15 is 0 Å². The molecule has 0 atom stereocenters. The summed E-state index contributed by atoms with van der Waals surface area (Å²) >= 11 is 0. The number of ether oxygens (including phenoxy) is 1. The third kappa shape index (κ3) is 4.40. The van der Waals surface area contributed by atoms with Gasteiger partial charge in [-0.2, -0.15) is 4.98 Å². The summed E-state index contributed by atoms with van der Waals surface area (Å²) in [5, 5.41) is 0. The van der Waals surface area contributed by atoms with E-state index in [4.69, 9.17) is 4.74 Å². The highest BCUT2D eigenvalue weighted by atomic mass is 32.2. The zero-order chi connectivity index (χ0) is 19.8. The Morgan fingerprint density at radius 2 is 1.89 bits per heavy atom. The van der Waals surface area contributed by atoms with E-state index in [1.54, 1.807) is 20.8 Å². The van der Waals surface area contributed by atoms with Crippen LogP contribution in [-0.2, 0) is 10.0 Å². The highest BCUT2D eigenvalue weighted by Gasteiger charge is 2.30. The van der Waals surface area contributed by atoms with Gasteiger partial charge in [0.2, 0.25) is 10.0 Å². The molecule has 1 aliphatic rings. The van der Waals surface area contributed by atoms with Gasteiger partial charge in [-0.15, -0.1) is 0 Å². The van der Waals surface area contributed by atoms with Gasteiger partial charge < -0.3 is 9.72 Å². The summed E-state index contributed by atoms with van der Waals surface area (Å²) in [7, 11) is -3.34. The van der Waals surface area contributed by atoms with Crippen LogP contribution < -0.4 is 9.46 Å². The molecule has 150 valence electrons. The first-order chi connectivity index (χ1) is 12.6. The van der Waals surface area contributed by atoms with Crippen molar-refractivity contribution in [2.75, 3.05) is 6.54 Å². The first-order valence-corrected chi connectivity index (χ1v) is 10.5. The van der Waals surface area contributed by atoms with E-state index in [-0.39, 0.29) is 23.5 Å². The molecule has 27 heavy (non-hydrogen) atoms. The second-order valence-electron chi connectivity index (χ2n) is 8.02. The van der Waals surface area contributed by atoms with Crippen molar-refractivity contribution in [3.8, 4) is 6.01 Å². The molecule has 9 heteroatoms. The molecule has 1 aromatic heterocycles. The normalized spacial score (nSPS) is 21.5. The van der Waals surface area contributed by atoms with Crippen molar-refractivity contribution in [1.29, 1.82) is 0 Å². The molecule has 1 fully saturated rings. The van der Waals surface area contributed by atoms with Gasteiger partial charge >= 0.3 is 0 Å². The zero-order valence-corrected chi connectivity index (χ0v) is 16.5. The van der Waals surface area contributed by atoms with Crippen LogP contribution in [0, 0.1) is 17.6 Å². The summed E-state index contributed by atoms with van der Waals surface area (Å²) in [6.07, 6.45) is 3.04. The number of sulfonamides is 1. The van der Waals surface area contributed by atoms with Crippen molar-refractivity contribution < 1.29 is 21.9 Å². The maximum Gasteiger partial charge on any atom is 0.294 e. The molecule has 2 aromatic rings. The number of aromatic nitrogens is 2. The van der Waals surface area contributed by atoms with Gasteiger partial charge in [-0.3, -0.25) is 0 Å². The number of fused-ring (bicyclic) bond motifs is 1. The molecule has 1 aliphatic carbocycles. The minimum Gasteiger partial charge on any atom is -0.461 e. The minimum atomic E-state index is -3.34. The molecular formula is C18H25F2N3O3S. The fourth-order valence-corrected chi connectivity index (χ4v) is 3.99. The van der Waals surface area contributed by atoms with Crippen LogP contribution in [0.2, 0.25) is 0 Å². The van der Waals surface area contributed by atoms with Gasteiger partial charge in [0.25, 0.3) is 6.01 Å². The van der Waals surface area contributed by atoms with Gasteiger partial charge in [0.05, 0.1) is 10.3 Å². The molecular weight excluding hydrogens is 376 g/mol. The van der Waals surface area contributed by atoms with Crippen LogP contribution in [0.3, 0.4) is 0 Å². The molecule has 0 amide bonds. The number of nitrogens with one attached hydrogen (secondary N) is 2. The minimum absolute atomic E-state index is 0.0738. The third-order valence-corrected chi connectivity index (χ3v) is 7.12. The van der Waals surface area contributed by atoms with E-state index in [1.165, 1.54) is 6.07 Å². The Kier molecular flexibility index (Phi) is 5.45. The quantitative estimate of drug-likeness (QED) is 0.803. The number of nitrogens with zero attached hydrogens (tertiary/aromatic N) is 1. The molecule has 0 spiro atoms. The number of halogens is 2. The topological polar surface area (TPSA) is 84.1 Å². The van der Waals surface area contributed by atoms with E-state index in [1.807, 2.05) is 0 Å². The molecule has 3 rings (SSSR count). The Morgan fingerprint density at radius 1 is 1.22 bits per heavy atom. The number of H-pyrrole nitrogens is 1. The number of hydrogen-bond acceptors (Lipinski definition) is 4. The van der Waals surface area contributed by atoms with Crippen LogP contribution in [-0.4, -0.2) is 35.8 Å². The molecule has 0 saturated heterocycles. The van der Waals surface area contributed by atoms with Gasteiger partial charge in [0.15, 0.2) is 11.6 Å². The molecule has 1 saturated carbocycles. The maximum absolute atomic E-state index is 13.7. The maximum atomic E-state index is 13.7. The van der Waals surface area contributed by atoms with E-state index in [0.29, 0.717) is 12.1 Å². The lowest BCUT2D eigenvalue weighted by molar-refractivity contribution is 0.122. The summed E-state index contributed by atoms with van der Waals surface area (Å²) in [5.41, 5.74) is 0.310. The average Bonchev–Trinajstić information content (AvgIpc) is 3.00. The van der Waals surface area contributed by atoms with Crippen LogP contribution in [0.25, 0.3) is 11.0 Å². The van der Waals surface area contributed by atoms with Crippen molar-refractivity contribution >= 4 is 21.1 Å². The second kappa shape index (κ2) is 7.35. The van der Waals surface area contributed by atoms with Gasteiger partial charge in [-0.25, -0.2) is 21.9 Å². The van der Waals surface area contributed by atoms with E-state index in [9.17, 15) is 17.2 Å². The predicted molar refractivity (Wildman–Crippen MR) is 99.1 cm³/mol. The number of hydrogen-bond donors (Lipinski definition) is 2. The lowest BCUT2D eigenvalue weighted by Gasteiger charge is -2.29. The molecule has 6 nitrogen and oxygen atoms in total. The Labute approximate surface area is 157 Å². The Balaban J connectivity index is 1.53. The SMILES string of the molecule is CC(C)(C)S(=O)(=O)NCC1CCC(Oc2nc3c(F)c(F)ccc3[nH]2)CC1. The first-order valence-electron chi connectivity index (χ1n) is 9.06.